The minimum atomic E-state index is -1.34. The van der Waals surface area contributed by atoms with Crippen molar-refractivity contribution in [3.63, 3.8) is 0 Å². The van der Waals surface area contributed by atoms with Crippen molar-refractivity contribution < 1.29 is 19.7 Å². The number of amides is 2. The predicted octanol–water partition coefficient (Wildman–Crippen LogP) is 1.64. The number of benzene rings is 1. The molecular weight excluding hydrogens is 284 g/mol. The molecule has 1 fully saturated rings. The van der Waals surface area contributed by atoms with E-state index in [0.717, 1.165) is 4.90 Å². The number of anilines is 1. The molecule has 1 aromatic carbocycles. The fourth-order valence-electron chi connectivity index (χ4n) is 2.22. The van der Waals surface area contributed by atoms with Crippen molar-refractivity contribution in [2.24, 2.45) is 0 Å². The molecule has 0 spiro atoms. The molecule has 0 unspecified atom stereocenters. The molecule has 110 valence electrons. The molecule has 1 aliphatic rings. The highest BCUT2D eigenvalue weighted by Crippen LogP contribution is 2.33. The van der Waals surface area contributed by atoms with E-state index in [1.54, 1.807) is 26.0 Å². The zero-order chi connectivity index (χ0) is 15.0. The molecule has 2 amide bonds. The van der Waals surface area contributed by atoms with Crippen LogP contribution in [0.3, 0.4) is 0 Å². The van der Waals surface area contributed by atoms with Gasteiger partial charge in [-0.15, -0.1) is 0 Å². The molecule has 7 heteroatoms. The molecule has 2 N–H and O–H groups in total. The maximum Gasteiger partial charge on any atom is 0.329 e. The average Bonchev–Trinajstić information content (AvgIpc) is 2.60. The van der Waals surface area contributed by atoms with Gasteiger partial charge in [0.25, 0.3) is 0 Å². The van der Waals surface area contributed by atoms with Crippen molar-refractivity contribution >= 4 is 23.3 Å². The van der Waals surface area contributed by atoms with E-state index in [4.69, 9.17) is 16.3 Å². The molecule has 1 heterocycles. The zero-order valence-electron chi connectivity index (χ0n) is 11.4. The Morgan fingerprint density at radius 3 is 2.40 bits per heavy atom. The molecule has 1 saturated heterocycles. The number of urea groups is 1. The Hall–Kier alpha value is -1.50. The van der Waals surface area contributed by atoms with Crippen molar-refractivity contribution in [3.8, 4) is 5.75 Å². The van der Waals surface area contributed by atoms with Crippen LogP contribution in [0.15, 0.2) is 18.2 Å². The summed E-state index contributed by atoms with van der Waals surface area (Å²) in [6.07, 6.45) is -2.61. The molecule has 0 bridgehead atoms. The van der Waals surface area contributed by atoms with Gasteiger partial charge in [-0.25, -0.2) is 4.79 Å². The molecule has 0 aromatic heterocycles. The predicted molar refractivity (Wildman–Crippen MR) is 74.9 cm³/mol. The number of rotatable bonds is 3. The quantitative estimate of drug-likeness (QED) is 0.890. The topological polar surface area (TPSA) is 73.2 Å². The van der Waals surface area contributed by atoms with Crippen LogP contribution in [-0.2, 0) is 0 Å². The van der Waals surface area contributed by atoms with Crippen LogP contribution in [-0.4, -0.2) is 46.8 Å². The first-order valence-corrected chi connectivity index (χ1v) is 6.57. The molecule has 1 aromatic rings. The maximum atomic E-state index is 12.3. The monoisotopic (exact) mass is 300 g/mol. The summed E-state index contributed by atoms with van der Waals surface area (Å²) in [7, 11) is 1.49. The molecule has 20 heavy (non-hydrogen) atoms. The Balaban J connectivity index is 2.37. The Labute approximate surface area is 122 Å². The number of hydrogen-bond donors (Lipinski definition) is 2. The largest absolute Gasteiger partial charge is 0.495 e. The first kappa shape index (κ1) is 14.9. The summed E-state index contributed by atoms with van der Waals surface area (Å²) >= 11 is 6.02. The van der Waals surface area contributed by atoms with Crippen LogP contribution in [0.2, 0.25) is 5.02 Å². The second-order valence-corrected chi connectivity index (χ2v) is 5.21. The van der Waals surface area contributed by atoms with E-state index in [-0.39, 0.29) is 6.04 Å². The number of halogens is 1. The van der Waals surface area contributed by atoms with Crippen molar-refractivity contribution in [2.45, 2.75) is 32.3 Å². The van der Waals surface area contributed by atoms with Gasteiger partial charge in [0.2, 0.25) is 0 Å². The van der Waals surface area contributed by atoms with Crippen LogP contribution in [0.25, 0.3) is 0 Å². The Kier molecular flexibility index (Phi) is 4.08. The van der Waals surface area contributed by atoms with Crippen molar-refractivity contribution in [1.82, 2.24) is 4.90 Å². The van der Waals surface area contributed by atoms with E-state index in [9.17, 15) is 15.0 Å². The minimum absolute atomic E-state index is 0.231. The summed E-state index contributed by atoms with van der Waals surface area (Å²) < 4.78 is 5.04. The normalized spacial score (nSPS) is 22.9. The third kappa shape index (κ3) is 2.30. The maximum absolute atomic E-state index is 12.3. The summed E-state index contributed by atoms with van der Waals surface area (Å²) in [5.74, 6) is 0.470. The number of nitrogens with zero attached hydrogens (tertiary/aromatic N) is 2. The van der Waals surface area contributed by atoms with Gasteiger partial charge in [0, 0.05) is 6.04 Å². The molecule has 1 aliphatic heterocycles. The number of aliphatic hydroxyl groups is 2. The van der Waals surface area contributed by atoms with Gasteiger partial charge in [-0.05, 0) is 32.0 Å². The van der Waals surface area contributed by atoms with Gasteiger partial charge in [0.05, 0.1) is 17.8 Å². The highest BCUT2D eigenvalue weighted by molar-refractivity contribution is 6.32. The van der Waals surface area contributed by atoms with E-state index in [1.807, 2.05) is 0 Å². The first-order chi connectivity index (χ1) is 9.38. The van der Waals surface area contributed by atoms with Crippen LogP contribution in [0.4, 0.5) is 10.5 Å². The SMILES string of the molecule is COc1ccc(N2C(=O)N(C(C)C)[C@H](O)[C@H]2O)cc1Cl. The van der Waals surface area contributed by atoms with Crippen LogP contribution < -0.4 is 9.64 Å². The molecule has 0 radical (unpaired) electrons. The molecule has 0 saturated carbocycles. The Morgan fingerprint density at radius 2 is 1.95 bits per heavy atom. The first-order valence-electron chi connectivity index (χ1n) is 6.19. The van der Waals surface area contributed by atoms with Gasteiger partial charge in [-0.2, -0.15) is 0 Å². The van der Waals surface area contributed by atoms with Crippen molar-refractivity contribution in [1.29, 1.82) is 0 Å². The number of ether oxygens (including phenoxy) is 1. The van der Waals surface area contributed by atoms with Gasteiger partial charge in [-0.3, -0.25) is 9.80 Å². The summed E-state index contributed by atoms with van der Waals surface area (Å²) in [5.41, 5.74) is 0.399. The molecular formula is C13H17ClN2O4. The number of hydrogen-bond acceptors (Lipinski definition) is 4. The van der Waals surface area contributed by atoms with E-state index in [0.29, 0.717) is 16.5 Å². The van der Waals surface area contributed by atoms with Gasteiger partial charge in [0.15, 0.2) is 12.5 Å². The highest BCUT2D eigenvalue weighted by atomic mass is 35.5. The van der Waals surface area contributed by atoms with E-state index >= 15 is 0 Å². The van der Waals surface area contributed by atoms with Crippen molar-refractivity contribution in [3.05, 3.63) is 23.2 Å². The van der Waals surface area contributed by atoms with Crippen LogP contribution in [0.1, 0.15) is 13.8 Å². The van der Waals surface area contributed by atoms with E-state index in [2.05, 4.69) is 0 Å². The lowest BCUT2D eigenvalue weighted by atomic mass is 10.2. The molecule has 2 rings (SSSR count). The fourth-order valence-corrected chi connectivity index (χ4v) is 2.47. The van der Waals surface area contributed by atoms with Gasteiger partial charge in [-0.1, -0.05) is 11.6 Å². The number of aliphatic hydroxyl groups excluding tert-OH is 2. The van der Waals surface area contributed by atoms with Gasteiger partial charge in [0.1, 0.15) is 5.75 Å². The Morgan fingerprint density at radius 1 is 1.30 bits per heavy atom. The summed E-state index contributed by atoms with van der Waals surface area (Å²) in [6, 6.07) is 4.01. The minimum Gasteiger partial charge on any atom is -0.495 e. The third-order valence-electron chi connectivity index (χ3n) is 3.21. The Bertz CT molecular complexity index is 523. The number of methoxy groups -OCH3 is 1. The van der Waals surface area contributed by atoms with Crippen LogP contribution in [0.5, 0.6) is 5.75 Å². The van der Waals surface area contributed by atoms with E-state index in [1.165, 1.54) is 18.1 Å². The second-order valence-electron chi connectivity index (χ2n) is 4.80. The second kappa shape index (κ2) is 5.47. The lowest BCUT2D eigenvalue weighted by Crippen LogP contribution is -2.40. The fraction of sp³-hybridized carbons (Fsp3) is 0.462. The average molecular weight is 301 g/mol. The summed E-state index contributed by atoms with van der Waals surface area (Å²) in [5, 5.41) is 20.3. The standard InChI is InChI=1S/C13H17ClN2O4/c1-7(2)15-11(17)12(18)16(13(15)19)8-4-5-10(20-3)9(14)6-8/h4-7,11-12,17-18H,1-3H3/t11-,12-/m1/s1. The molecule has 2 atom stereocenters. The molecule has 6 nitrogen and oxygen atoms in total. The van der Waals surface area contributed by atoms with Crippen LogP contribution in [0, 0.1) is 0 Å². The van der Waals surface area contributed by atoms with Crippen LogP contribution >= 0.6 is 11.6 Å². The van der Waals surface area contributed by atoms with Gasteiger partial charge >= 0.3 is 6.03 Å². The smallest absolute Gasteiger partial charge is 0.329 e. The summed E-state index contributed by atoms with van der Waals surface area (Å²) in [4.78, 5) is 14.6. The summed E-state index contributed by atoms with van der Waals surface area (Å²) in [6.45, 7) is 3.52. The number of carbonyl (C=O) groups excluding carboxylic acids is 1. The third-order valence-corrected chi connectivity index (χ3v) is 3.51. The lowest BCUT2D eigenvalue weighted by Gasteiger charge is -2.23. The number of carbonyl (C=O) groups is 1. The lowest BCUT2D eigenvalue weighted by molar-refractivity contribution is -0.0377. The zero-order valence-corrected chi connectivity index (χ0v) is 12.2. The molecule has 0 aliphatic carbocycles. The van der Waals surface area contributed by atoms with Crippen molar-refractivity contribution in [2.75, 3.05) is 12.0 Å². The highest BCUT2D eigenvalue weighted by Gasteiger charge is 2.46. The van der Waals surface area contributed by atoms with Gasteiger partial charge < -0.3 is 14.9 Å². The van der Waals surface area contributed by atoms with E-state index < -0.39 is 18.5 Å².